The van der Waals surface area contributed by atoms with Gasteiger partial charge in [-0.05, 0) is 99.4 Å². The van der Waals surface area contributed by atoms with Crippen LogP contribution in [0, 0.1) is 5.41 Å². The fraction of sp³-hybridized carbons (Fsp3) is 0.487. The first kappa shape index (κ1) is 34.9. The lowest BCUT2D eigenvalue weighted by Crippen LogP contribution is -2.54. The molecule has 1 aromatic heterocycles. The van der Waals surface area contributed by atoms with Crippen molar-refractivity contribution >= 4 is 23.2 Å². The Balaban J connectivity index is 1.34. The van der Waals surface area contributed by atoms with Gasteiger partial charge in [0.15, 0.2) is 0 Å². The number of urea groups is 1. The molecule has 2 aromatic carbocycles. The first-order chi connectivity index (χ1) is 22.1. The van der Waals surface area contributed by atoms with E-state index in [1.807, 2.05) is 53.4 Å². The number of nitrogens with one attached hydrogen (secondary N) is 1. The van der Waals surface area contributed by atoms with E-state index < -0.39 is 5.60 Å². The molecule has 0 aliphatic carbocycles. The van der Waals surface area contributed by atoms with Gasteiger partial charge in [-0.2, -0.15) is 0 Å². The van der Waals surface area contributed by atoms with Gasteiger partial charge >= 0.3 is 6.03 Å². The molecule has 1 atom stereocenters. The van der Waals surface area contributed by atoms with Crippen LogP contribution in [0.3, 0.4) is 0 Å². The molecule has 3 aromatic rings. The Morgan fingerprint density at radius 3 is 2.53 bits per heavy atom. The molecule has 5 rings (SSSR count). The normalized spacial score (nSPS) is 17.9. The molecular weight excluding hydrogens is 608 g/mol. The van der Waals surface area contributed by atoms with Gasteiger partial charge in [0.2, 0.25) is 0 Å². The third-order valence-electron chi connectivity index (χ3n) is 8.95. The highest BCUT2D eigenvalue weighted by molar-refractivity contribution is 6.30. The molecule has 1 saturated heterocycles. The predicted molar refractivity (Wildman–Crippen MR) is 190 cm³/mol. The van der Waals surface area contributed by atoms with Gasteiger partial charge in [0.1, 0.15) is 12.4 Å². The van der Waals surface area contributed by atoms with Gasteiger partial charge in [-0.3, -0.25) is 4.98 Å². The number of fused-ring (bicyclic) bond motifs is 2. The Bertz CT molecular complexity index is 1590. The minimum atomic E-state index is -0.971. The monoisotopic (exact) mass is 658 g/mol. The van der Waals surface area contributed by atoms with Crippen molar-refractivity contribution in [3.8, 4) is 5.75 Å². The maximum atomic E-state index is 13.9. The summed E-state index contributed by atoms with van der Waals surface area (Å²) in [5, 5.41) is 14.8. The number of hydrogen-bond acceptors (Lipinski definition) is 5. The summed E-state index contributed by atoms with van der Waals surface area (Å²) in [6, 6.07) is 17.9. The number of halogens is 1. The molecule has 252 valence electrons. The molecule has 0 saturated carbocycles. The number of nitrogens with zero attached hydrogens (tertiary/aromatic N) is 3. The maximum Gasteiger partial charge on any atom is 0.318 e. The van der Waals surface area contributed by atoms with E-state index in [0.717, 1.165) is 78.2 Å². The molecule has 2 amide bonds. The summed E-state index contributed by atoms with van der Waals surface area (Å²) in [5.41, 5.74) is 4.69. The Morgan fingerprint density at radius 1 is 1.09 bits per heavy atom. The Morgan fingerprint density at radius 2 is 1.83 bits per heavy atom. The van der Waals surface area contributed by atoms with Gasteiger partial charge < -0.3 is 25.0 Å². The van der Waals surface area contributed by atoms with Crippen LogP contribution in [-0.4, -0.2) is 57.1 Å². The lowest BCUT2D eigenvalue weighted by atomic mass is 9.82. The molecule has 0 spiro atoms. The zero-order valence-electron chi connectivity index (χ0n) is 29.1. The van der Waals surface area contributed by atoms with Crippen molar-refractivity contribution in [1.82, 2.24) is 20.1 Å². The average molecular weight is 659 g/mol. The van der Waals surface area contributed by atoms with Crippen LogP contribution >= 0.6 is 11.6 Å². The van der Waals surface area contributed by atoms with Crippen LogP contribution in [0.2, 0.25) is 5.02 Å². The third kappa shape index (κ3) is 9.16. The summed E-state index contributed by atoms with van der Waals surface area (Å²) in [4.78, 5) is 23.0. The van der Waals surface area contributed by atoms with Crippen molar-refractivity contribution < 1.29 is 14.6 Å². The average Bonchev–Trinajstić information content (AvgIpc) is 3.38. The maximum absolute atomic E-state index is 13.9. The molecule has 2 aliphatic rings. The predicted octanol–water partition coefficient (Wildman–Crippen LogP) is 8.18. The minimum absolute atomic E-state index is 0.0232. The smallest absolute Gasteiger partial charge is 0.318 e. The van der Waals surface area contributed by atoms with Crippen LogP contribution in [0.4, 0.5) is 4.79 Å². The van der Waals surface area contributed by atoms with Crippen molar-refractivity contribution in [2.45, 2.75) is 98.1 Å². The fourth-order valence-electron chi connectivity index (χ4n) is 7.10. The topological polar surface area (TPSA) is 77.9 Å². The molecule has 1 fully saturated rings. The number of rotatable bonds is 9. The number of ether oxygens (including phenoxy) is 1. The summed E-state index contributed by atoms with van der Waals surface area (Å²) in [7, 11) is 0. The van der Waals surface area contributed by atoms with Gasteiger partial charge in [0.05, 0.1) is 11.3 Å². The second kappa shape index (κ2) is 14.0. The van der Waals surface area contributed by atoms with E-state index >= 15 is 0 Å². The number of carbonyl (C=O) groups is 1. The van der Waals surface area contributed by atoms with E-state index in [9.17, 15) is 9.90 Å². The van der Waals surface area contributed by atoms with Gasteiger partial charge in [-0.1, -0.05) is 62.7 Å². The van der Waals surface area contributed by atoms with E-state index in [2.05, 4.69) is 62.0 Å². The summed E-state index contributed by atoms with van der Waals surface area (Å²) < 4.78 is 6.19. The van der Waals surface area contributed by atoms with Crippen molar-refractivity contribution in [2.75, 3.05) is 19.6 Å². The van der Waals surface area contributed by atoms with Crippen LogP contribution < -0.4 is 10.1 Å². The Labute approximate surface area is 286 Å². The van der Waals surface area contributed by atoms with Crippen molar-refractivity contribution in [3.63, 3.8) is 0 Å². The molecule has 1 unspecified atom stereocenters. The molecule has 3 heterocycles. The minimum Gasteiger partial charge on any atom is -0.487 e. The first-order valence-corrected chi connectivity index (χ1v) is 17.2. The number of benzene rings is 2. The quantitative estimate of drug-likeness (QED) is 0.243. The van der Waals surface area contributed by atoms with Crippen LogP contribution in [0.5, 0.6) is 5.75 Å². The Kier molecular flexibility index (Phi) is 10.4. The van der Waals surface area contributed by atoms with Gasteiger partial charge in [-0.15, -0.1) is 0 Å². The van der Waals surface area contributed by atoms with E-state index in [0.29, 0.717) is 18.2 Å². The number of amides is 2. The SMILES string of the molecule is CC(C)(C)CC(C)(C)NC(=O)N(Cc1ccc(Cl)cc1)C1CCN(CCC=C2c3cc(C(C)(C)O)ccc3OCc3ncccc32)C1. The number of hydrogen-bond donors (Lipinski definition) is 2. The van der Waals surface area contributed by atoms with E-state index in [1.165, 1.54) is 0 Å². The summed E-state index contributed by atoms with van der Waals surface area (Å²) in [6.45, 7) is 18.0. The third-order valence-corrected chi connectivity index (χ3v) is 9.20. The largest absolute Gasteiger partial charge is 0.487 e. The zero-order valence-corrected chi connectivity index (χ0v) is 29.8. The fourth-order valence-corrected chi connectivity index (χ4v) is 7.23. The number of likely N-dealkylation sites (tertiary alicyclic amines) is 1. The van der Waals surface area contributed by atoms with E-state index in [1.54, 1.807) is 20.0 Å². The highest BCUT2D eigenvalue weighted by atomic mass is 35.5. The lowest BCUT2D eigenvalue weighted by Gasteiger charge is -2.37. The molecule has 47 heavy (non-hydrogen) atoms. The Hall–Kier alpha value is -3.39. The summed E-state index contributed by atoms with van der Waals surface area (Å²) in [6.07, 6.45) is 6.69. The summed E-state index contributed by atoms with van der Waals surface area (Å²) in [5.74, 6) is 0.793. The number of carbonyl (C=O) groups excluding carboxylic acids is 1. The van der Waals surface area contributed by atoms with Crippen LogP contribution in [-0.2, 0) is 18.8 Å². The molecule has 0 bridgehead atoms. The van der Waals surface area contributed by atoms with Gasteiger partial charge in [0, 0.05) is 60.1 Å². The van der Waals surface area contributed by atoms with Crippen molar-refractivity contribution in [3.05, 3.63) is 99.8 Å². The number of aliphatic hydroxyl groups is 1. The first-order valence-electron chi connectivity index (χ1n) is 16.8. The molecule has 0 radical (unpaired) electrons. The van der Waals surface area contributed by atoms with E-state index in [4.69, 9.17) is 16.3 Å². The van der Waals surface area contributed by atoms with Crippen molar-refractivity contribution in [2.24, 2.45) is 5.41 Å². The van der Waals surface area contributed by atoms with Crippen molar-refractivity contribution in [1.29, 1.82) is 0 Å². The highest BCUT2D eigenvalue weighted by Gasteiger charge is 2.34. The summed E-state index contributed by atoms with van der Waals surface area (Å²) >= 11 is 6.18. The van der Waals surface area contributed by atoms with Gasteiger partial charge in [0.25, 0.3) is 0 Å². The molecule has 2 aliphatic heterocycles. The van der Waals surface area contributed by atoms with Crippen LogP contribution in [0.25, 0.3) is 5.57 Å². The second-order valence-corrected chi connectivity index (χ2v) is 15.9. The molecule has 2 N–H and O–H groups in total. The highest BCUT2D eigenvalue weighted by Crippen LogP contribution is 2.39. The van der Waals surface area contributed by atoms with E-state index in [-0.39, 0.29) is 23.0 Å². The standard InChI is InChI=1S/C39H51ClN4O3/c1-37(2,3)26-38(4,5)42-36(45)44(23-27-12-15-29(40)16-13-27)30-18-21-43(24-30)20-9-11-31-32-10-8-19-41-34(32)25-47-35-17-14-28(22-33(31)35)39(6,7)46/h8,10-17,19,22,30,46H,9,18,20-21,23-26H2,1-7H3,(H,42,45). The second-order valence-electron chi connectivity index (χ2n) is 15.5. The molecule has 8 heteroatoms. The van der Waals surface area contributed by atoms with Crippen LogP contribution in [0.15, 0.2) is 66.9 Å². The molecule has 7 nitrogen and oxygen atoms in total. The molecular formula is C39H51ClN4O3. The number of pyridine rings is 1. The van der Waals surface area contributed by atoms with Gasteiger partial charge in [-0.25, -0.2) is 4.79 Å². The van der Waals surface area contributed by atoms with Crippen LogP contribution in [0.1, 0.15) is 95.7 Å². The number of aromatic nitrogens is 1. The zero-order chi connectivity index (χ0) is 34.0. The lowest BCUT2D eigenvalue weighted by molar-refractivity contribution is 0.0785.